The Balaban J connectivity index is 1.40. The van der Waals surface area contributed by atoms with Crippen molar-refractivity contribution >= 4 is 50.0 Å². The number of likely N-dealkylation sites (tertiary alicyclic amines) is 1. The maximum atomic E-state index is 12.4. The van der Waals surface area contributed by atoms with Gasteiger partial charge in [0.05, 0.1) is 5.75 Å². The molecule has 2 aromatic rings. The van der Waals surface area contributed by atoms with Crippen LogP contribution in [-0.4, -0.2) is 38.4 Å². The monoisotopic (exact) mass is 462 g/mol. The van der Waals surface area contributed by atoms with Crippen LogP contribution < -0.4 is 5.56 Å². The lowest BCUT2D eigenvalue weighted by atomic mass is 9.83. The van der Waals surface area contributed by atoms with Crippen molar-refractivity contribution in [2.24, 2.45) is 5.92 Å². The molecule has 2 atom stereocenters. The number of thiocarbonyl (C=S) groups is 1. The summed E-state index contributed by atoms with van der Waals surface area (Å²) in [6.45, 7) is 2.43. The summed E-state index contributed by atoms with van der Waals surface area (Å²) in [5.41, 5.74) is 1.91. The van der Waals surface area contributed by atoms with Gasteiger partial charge in [-0.3, -0.25) is 9.59 Å². The van der Waals surface area contributed by atoms with E-state index in [4.69, 9.17) is 12.2 Å². The first-order chi connectivity index (χ1) is 13.0. The number of fused-ring (bicyclic) bond motifs is 4. The smallest absolute Gasteiger partial charge is 0.250 e. The van der Waals surface area contributed by atoms with Crippen molar-refractivity contribution in [2.45, 2.75) is 18.9 Å². The zero-order valence-corrected chi connectivity index (χ0v) is 17.9. The van der Waals surface area contributed by atoms with E-state index in [-0.39, 0.29) is 11.3 Å². The van der Waals surface area contributed by atoms with E-state index >= 15 is 0 Å². The summed E-state index contributed by atoms with van der Waals surface area (Å²) >= 11 is 10.5. The number of halogens is 1. The Bertz CT molecular complexity index is 942. The molecule has 3 heterocycles. The second-order valence-corrected chi connectivity index (χ2v) is 9.61. The predicted octanol–water partition coefficient (Wildman–Crippen LogP) is 3.93. The van der Waals surface area contributed by atoms with Crippen molar-refractivity contribution in [3.63, 3.8) is 0 Å². The number of benzene rings is 1. The molecule has 2 aliphatic rings. The molecule has 0 aliphatic carbocycles. The molecule has 1 saturated heterocycles. The molecule has 0 radical (unpaired) electrons. The van der Waals surface area contributed by atoms with Crippen LogP contribution in [0.4, 0.5) is 0 Å². The van der Waals surface area contributed by atoms with Gasteiger partial charge in [0.1, 0.15) is 4.32 Å². The number of ketones is 1. The van der Waals surface area contributed by atoms with Crippen LogP contribution in [0, 0.1) is 5.92 Å². The number of pyridine rings is 1. The number of hydrogen-bond donors (Lipinski definition) is 0. The van der Waals surface area contributed by atoms with Gasteiger partial charge in [0.25, 0.3) is 5.56 Å². The highest BCUT2D eigenvalue weighted by molar-refractivity contribution is 9.10. The van der Waals surface area contributed by atoms with E-state index in [1.165, 1.54) is 11.8 Å². The quantitative estimate of drug-likeness (QED) is 0.510. The minimum absolute atomic E-state index is 0.0870. The van der Waals surface area contributed by atoms with Crippen molar-refractivity contribution in [1.29, 1.82) is 0 Å². The molecule has 4 nitrogen and oxygen atoms in total. The summed E-state index contributed by atoms with van der Waals surface area (Å²) in [5, 5.41) is 0. The van der Waals surface area contributed by atoms with E-state index in [1.54, 1.807) is 6.07 Å². The molecule has 0 amide bonds. The van der Waals surface area contributed by atoms with Crippen molar-refractivity contribution in [1.82, 2.24) is 9.47 Å². The van der Waals surface area contributed by atoms with E-state index < -0.39 is 0 Å². The van der Waals surface area contributed by atoms with Gasteiger partial charge in [-0.2, -0.15) is 0 Å². The molecule has 0 spiro atoms. The second kappa shape index (κ2) is 7.89. The number of rotatable bonds is 3. The number of hydrogen-bond acceptors (Lipinski definition) is 4. The van der Waals surface area contributed by atoms with Gasteiger partial charge in [0.2, 0.25) is 0 Å². The van der Waals surface area contributed by atoms with E-state index in [1.807, 2.05) is 34.9 Å². The van der Waals surface area contributed by atoms with E-state index in [0.717, 1.165) is 40.5 Å². The van der Waals surface area contributed by atoms with E-state index in [0.29, 0.717) is 23.2 Å². The lowest BCUT2D eigenvalue weighted by Gasteiger charge is -2.43. The number of aromatic nitrogens is 1. The van der Waals surface area contributed by atoms with Gasteiger partial charge in [0, 0.05) is 47.3 Å². The molecule has 2 bridgehead atoms. The highest BCUT2D eigenvalue weighted by Gasteiger charge is 2.35. The fraction of sp³-hybridized carbons (Fsp3) is 0.350. The van der Waals surface area contributed by atoms with E-state index in [2.05, 4.69) is 26.9 Å². The number of Topliss-reactive ketones (excluding diaryl/α,β-unsaturated/α-hetero) is 1. The second-order valence-electron chi connectivity index (χ2n) is 7.09. The van der Waals surface area contributed by atoms with Crippen molar-refractivity contribution in [2.75, 3.05) is 18.8 Å². The van der Waals surface area contributed by atoms with Gasteiger partial charge in [-0.25, -0.2) is 0 Å². The Labute approximate surface area is 176 Å². The molecule has 4 rings (SSSR count). The van der Waals surface area contributed by atoms with Crippen LogP contribution in [0.5, 0.6) is 0 Å². The fourth-order valence-corrected chi connectivity index (χ4v) is 5.33. The zero-order chi connectivity index (χ0) is 19.0. The molecule has 1 aromatic heterocycles. The largest absolute Gasteiger partial charge is 0.356 e. The highest BCUT2D eigenvalue weighted by atomic mass is 79.9. The van der Waals surface area contributed by atoms with Gasteiger partial charge < -0.3 is 9.47 Å². The van der Waals surface area contributed by atoms with Gasteiger partial charge in [-0.1, -0.05) is 58.1 Å². The van der Waals surface area contributed by atoms with Crippen LogP contribution in [0.1, 0.15) is 28.4 Å². The van der Waals surface area contributed by atoms with Crippen LogP contribution in [0.25, 0.3) is 0 Å². The van der Waals surface area contributed by atoms with Crippen LogP contribution in [0.15, 0.2) is 51.7 Å². The highest BCUT2D eigenvalue weighted by Crippen LogP contribution is 2.36. The van der Waals surface area contributed by atoms with Gasteiger partial charge >= 0.3 is 0 Å². The Hall–Kier alpha value is -1.44. The van der Waals surface area contributed by atoms with Crippen molar-refractivity contribution in [3.05, 3.63) is 68.5 Å². The molecule has 7 heteroatoms. The molecular formula is C20H19BrN2O2S2. The minimum atomic E-state index is 0.0870. The molecule has 1 aromatic carbocycles. The van der Waals surface area contributed by atoms with Crippen molar-refractivity contribution < 1.29 is 4.79 Å². The first kappa shape index (κ1) is 18.9. The van der Waals surface area contributed by atoms with Gasteiger partial charge in [-0.15, -0.1) is 0 Å². The number of carbonyl (C=O) groups is 1. The molecule has 1 fully saturated rings. The third-order valence-corrected chi connectivity index (χ3v) is 7.28. The standard InChI is InChI=1S/C20H19BrN2O2S2/c21-16-6-4-14(5-7-16)18(24)12-27-20(26)22-9-13-8-15(11-22)17-2-1-3-19(25)23(17)10-13/h1-7,13,15H,8-12H2/t13-,15-/m1/s1. The van der Waals surface area contributed by atoms with Crippen LogP contribution in [-0.2, 0) is 6.54 Å². The molecule has 0 N–H and O–H groups in total. The summed E-state index contributed by atoms with van der Waals surface area (Å²) in [4.78, 5) is 26.7. The molecule has 2 aliphatic heterocycles. The average Bonchev–Trinajstić information content (AvgIpc) is 2.67. The van der Waals surface area contributed by atoms with Crippen LogP contribution in [0.3, 0.4) is 0 Å². The Morgan fingerprint density at radius 3 is 2.70 bits per heavy atom. The van der Waals surface area contributed by atoms with Crippen LogP contribution in [0.2, 0.25) is 0 Å². The third kappa shape index (κ3) is 4.05. The molecule has 0 unspecified atom stereocenters. The number of piperidine rings is 1. The average molecular weight is 463 g/mol. The number of carbonyl (C=O) groups excluding carboxylic acids is 1. The first-order valence-corrected chi connectivity index (χ1v) is 11.1. The van der Waals surface area contributed by atoms with Crippen molar-refractivity contribution in [3.8, 4) is 0 Å². The Morgan fingerprint density at radius 1 is 1.15 bits per heavy atom. The minimum Gasteiger partial charge on any atom is -0.356 e. The van der Waals surface area contributed by atoms with Gasteiger partial charge in [0.15, 0.2) is 5.78 Å². The Morgan fingerprint density at radius 2 is 1.93 bits per heavy atom. The summed E-state index contributed by atoms with van der Waals surface area (Å²) in [7, 11) is 0. The first-order valence-electron chi connectivity index (χ1n) is 8.91. The fourth-order valence-electron chi connectivity index (χ4n) is 3.98. The summed E-state index contributed by atoms with van der Waals surface area (Å²) in [6.07, 6.45) is 1.10. The lowest BCUT2D eigenvalue weighted by Crippen LogP contribution is -2.48. The molecule has 27 heavy (non-hydrogen) atoms. The topological polar surface area (TPSA) is 42.3 Å². The summed E-state index contributed by atoms with van der Waals surface area (Å²) in [5.74, 6) is 1.19. The zero-order valence-electron chi connectivity index (χ0n) is 14.6. The summed E-state index contributed by atoms with van der Waals surface area (Å²) in [6, 6.07) is 12.9. The number of thioether (sulfide) groups is 1. The maximum Gasteiger partial charge on any atom is 0.250 e. The molecular weight excluding hydrogens is 444 g/mol. The SMILES string of the molecule is O=C(CSC(=S)N1C[C@H]2C[C@H](C1)c1cccc(=O)n1C2)c1ccc(Br)cc1. The lowest BCUT2D eigenvalue weighted by molar-refractivity contribution is 0.102. The molecule has 140 valence electrons. The maximum absolute atomic E-state index is 12.4. The molecule has 0 saturated carbocycles. The summed E-state index contributed by atoms with van der Waals surface area (Å²) < 4.78 is 3.66. The predicted molar refractivity (Wildman–Crippen MR) is 117 cm³/mol. The third-order valence-electron chi connectivity index (χ3n) is 5.23. The number of nitrogens with zero attached hydrogens (tertiary/aromatic N) is 2. The normalized spacial score (nSPS) is 20.9. The van der Waals surface area contributed by atoms with E-state index in [9.17, 15) is 9.59 Å². The Kier molecular flexibility index (Phi) is 5.53. The van der Waals surface area contributed by atoms with Crippen LogP contribution >= 0.6 is 39.9 Å². The van der Waals surface area contributed by atoms with Gasteiger partial charge in [-0.05, 0) is 30.5 Å².